The van der Waals surface area contributed by atoms with Crippen molar-refractivity contribution in [1.29, 1.82) is 0 Å². The van der Waals surface area contributed by atoms with E-state index in [2.05, 4.69) is 5.32 Å². The van der Waals surface area contributed by atoms with Gasteiger partial charge >= 0.3 is 0 Å². The smallest absolute Gasteiger partial charge is 0.300 e. The first kappa shape index (κ1) is 24.6. The number of phenols is 1. The highest BCUT2D eigenvalue weighted by atomic mass is 16.5. The number of benzene rings is 4. The van der Waals surface area contributed by atoms with Gasteiger partial charge in [0.1, 0.15) is 17.3 Å². The number of Topliss-reactive ketones (excluding diaryl/α,β-unsaturated/α-hetero) is 1. The van der Waals surface area contributed by atoms with E-state index < -0.39 is 17.7 Å². The average molecular weight is 507 g/mol. The molecule has 190 valence electrons. The fourth-order valence-electron chi connectivity index (χ4n) is 4.64. The number of amides is 1. The number of aryl methyl sites for hydroxylation is 1. The molecule has 1 atom stereocenters. The van der Waals surface area contributed by atoms with Gasteiger partial charge in [0, 0.05) is 22.6 Å². The van der Waals surface area contributed by atoms with Crippen molar-refractivity contribution in [3.8, 4) is 11.5 Å². The summed E-state index contributed by atoms with van der Waals surface area (Å²) < 4.78 is 5.26. The number of carbonyl (C=O) groups excluding carboxylic acids is 2. The van der Waals surface area contributed by atoms with Gasteiger partial charge in [0.15, 0.2) is 0 Å². The highest BCUT2D eigenvalue weighted by Crippen LogP contribution is 2.43. The number of methoxy groups -OCH3 is 1. The maximum Gasteiger partial charge on any atom is 0.300 e. The van der Waals surface area contributed by atoms with Crippen molar-refractivity contribution in [2.24, 2.45) is 0 Å². The van der Waals surface area contributed by atoms with E-state index in [1.807, 2.05) is 42.5 Å². The van der Waals surface area contributed by atoms with E-state index in [4.69, 9.17) is 4.74 Å². The van der Waals surface area contributed by atoms with Crippen molar-refractivity contribution < 1.29 is 24.5 Å². The molecule has 5 rings (SSSR count). The van der Waals surface area contributed by atoms with Crippen LogP contribution in [0.4, 0.5) is 17.1 Å². The number of aromatic hydroxyl groups is 1. The quantitative estimate of drug-likeness (QED) is 0.167. The molecule has 1 amide bonds. The normalized spacial score (nSPS) is 16.5. The number of para-hydroxylation sites is 1. The summed E-state index contributed by atoms with van der Waals surface area (Å²) in [4.78, 5) is 28.2. The van der Waals surface area contributed by atoms with Gasteiger partial charge in [-0.25, -0.2) is 0 Å². The van der Waals surface area contributed by atoms with Crippen LogP contribution in [0.2, 0.25) is 0 Å². The fraction of sp³-hybridized carbons (Fsp3) is 0.0968. The van der Waals surface area contributed by atoms with E-state index in [0.29, 0.717) is 28.1 Å². The van der Waals surface area contributed by atoms with Crippen molar-refractivity contribution in [3.05, 3.63) is 119 Å². The highest BCUT2D eigenvalue weighted by Gasteiger charge is 2.47. The third kappa shape index (κ3) is 4.57. The predicted molar refractivity (Wildman–Crippen MR) is 147 cm³/mol. The maximum atomic E-state index is 13.4. The number of anilines is 3. The molecule has 0 radical (unpaired) electrons. The summed E-state index contributed by atoms with van der Waals surface area (Å²) in [6.07, 6.45) is 0. The number of phenolic OH excluding ortho intramolecular Hbond substituents is 1. The minimum absolute atomic E-state index is 0.0274. The molecule has 1 aliphatic rings. The second-order valence-corrected chi connectivity index (χ2v) is 8.98. The third-order valence-corrected chi connectivity index (χ3v) is 6.55. The monoisotopic (exact) mass is 506 g/mol. The summed E-state index contributed by atoms with van der Waals surface area (Å²) in [6.45, 7) is 1.79. The van der Waals surface area contributed by atoms with Crippen LogP contribution in [0, 0.1) is 6.92 Å². The Morgan fingerprint density at radius 2 is 1.53 bits per heavy atom. The van der Waals surface area contributed by atoms with Crippen LogP contribution >= 0.6 is 0 Å². The van der Waals surface area contributed by atoms with E-state index in [0.717, 1.165) is 11.4 Å². The molecule has 38 heavy (non-hydrogen) atoms. The SMILES string of the molecule is COc1ccc(/C(O)=C2/C(=O)C(=O)N(c3ccc(Nc4ccccc4)cc3)C2c2ccc(O)cc2)c(C)c1. The summed E-state index contributed by atoms with van der Waals surface area (Å²) in [5.74, 6) is -1.15. The maximum absolute atomic E-state index is 13.4. The van der Waals surface area contributed by atoms with E-state index in [9.17, 15) is 19.8 Å². The molecule has 7 nitrogen and oxygen atoms in total. The van der Waals surface area contributed by atoms with Crippen LogP contribution in [0.3, 0.4) is 0 Å². The lowest BCUT2D eigenvalue weighted by atomic mass is 9.93. The molecule has 4 aromatic carbocycles. The Bertz CT molecular complexity index is 1530. The van der Waals surface area contributed by atoms with Crippen LogP contribution in [0.25, 0.3) is 5.76 Å². The van der Waals surface area contributed by atoms with Crippen molar-refractivity contribution in [1.82, 2.24) is 0 Å². The van der Waals surface area contributed by atoms with Gasteiger partial charge in [0.2, 0.25) is 0 Å². The van der Waals surface area contributed by atoms with Gasteiger partial charge in [-0.1, -0.05) is 30.3 Å². The summed E-state index contributed by atoms with van der Waals surface area (Å²) >= 11 is 0. The van der Waals surface area contributed by atoms with Gasteiger partial charge in [-0.2, -0.15) is 0 Å². The first-order valence-corrected chi connectivity index (χ1v) is 12.0. The molecule has 1 unspecified atom stereocenters. The molecule has 4 aromatic rings. The van der Waals surface area contributed by atoms with Crippen molar-refractivity contribution >= 4 is 34.5 Å². The number of ketones is 1. The fourth-order valence-corrected chi connectivity index (χ4v) is 4.64. The van der Waals surface area contributed by atoms with E-state index in [1.165, 1.54) is 17.0 Å². The molecule has 0 aliphatic carbocycles. The molecule has 1 aliphatic heterocycles. The molecule has 0 spiro atoms. The van der Waals surface area contributed by atoms with E-state index >= 15 is 0 Å². The lowest BCUT2D eigenvalue weighted by Gasteiger charge is -2.26. The zero-order valence-corrected chi connectivity index (χ0v) is 20.9. The van der Waals surface area contributed by atoms with Gasteiger partial charge in [-0.3, -0.25) is 14.5 Å². The summed E-state index contributed by atoms with van der Waals surface area (Å²) in [5.41, 5.74) is 3.88. The summed E-state index contributed by atoms with van der Waals surface area (Å²) in [7, 11) is 1.55. The molecule has 7 heteroatoms. The van der Waals surface area contributed by atoms with Gasteiger partial charge in [0.05, 0.1) is 18.7 Å². The first-order valence-electron chi connectivity index (χ1n) is 12.0. The summed E-state index contributed by atoms with van der Waals surface area (Å²) in [6, 6.07) is 27.3. The minimum Gasteiger partial charge on any atom is -0.508 e. The van der Waals surface area contributed by atoms with Crippen molar-refractivity contribution in [2.75, 3.05) is 17.3 Å². The molecule has 1 heterocycles. The Morgan fingerprint density at radius 1 is 0.868 bits per heavy atom. The molecule has 1 fully saturated rings. The zero-order valence-electron chi connectivity index (χ0n) is 20.9. The Labute approximate surface area is 220 Å². The summed E-state index contributed by atoms with van der Waals surface area (Å²) in [5, 5.41) is 24.5. The molecule has 1 saturated heterocycles. The van der Waals surface area contributed by atoms with Crippen LogP contribution < -0.4 is 15.0 Å². The number of aliphatic hydroxyl groups is 1. The van der Waals surface area contributed by atoms with E-state index in [-0.39, 0.29) is 17.1 Å². The Hall–Kier alpha value is -5.04. The molecule has 0 saturated carbocycles. The highest BCUT2D eigenvalue weighted by molar-refractivity contribution is 6.51. The molecule has 0 aromatic heterocycles. The van der Waals surface area contributed by atoms with Crippen LogP contribution in [-0.2, 0) is 9.59 Å². The third-order valence-electron chi connectivity index (χ3n) is 6.55. The Balaban J connectivity index is 1.60. The number of carbonyl (C=O) groups is 2. The molecular formula is C31H26N2O5. The Morgan fingerprint density at radius 3 is 2.16 bits per heavy atom. The van der Waals surface area contributed by atoms with E-state index in [1.54, 1.807) is 56.5 Å². The lowest BCUT2D eigenvalue weighted by Crippen LogP contribution is -2.29. The molecule has 0 bridgehead atoms. The van der Waals surface area contributed by atoms with Crippen LogP contribution in [0.1, 0.15) is 22.7 Å². The average Bonchev–Trinajstić information content (AvgIpc) is 3.19. The number of nitrogens with zero attached hydrogens (tertiary/aromatic N) is 1. The van der Waals surface area contributed by atoms with Crippen molar-refractivity contribution in [2.45, 2.75) is 13.0 Å². The second kappa shape index (κ2) is 10.1. The number of nitrogens with one attached hydrogen (secondary N) is 1. The van der Waals surface area contributed by atoms with Gasteiger partial charge in [0.25, 0.3) is 11.7 Å². The number of aliphatic hydroxyl groups excluding tert-OH is 1. The molecular weight excluding hydrogens is 480 g/mol. The number of ether oxygens (including phenoxy) is 1. The van der Waals surface area contributed by atoms with Gasteiger partial charge in [-0.05, 0) is 84.8 Å². The topological polar surface area (TPSA) is 99.1 Å². The van der Waals surface area contributed by atoms with Gasteiger partial charge < -0.3 is 20.3 Å². The number of hydrogen-bond acceptors (Lipinski definition) is 6. The van der Waals surface area contributed by atoms with Crippen LogP contribution in [0.15, 0.2) is 103 Å². The van der Waals surface area contributed by atoms with Crippen molar-refractivity contribution in [3.63, 3.8) is 0 Å². The number of rotatable bonds is 6. The number of hydrogen-bond donors (Lipinski definition) is 3. The van der Waals surface area contributed by atoms with Crippen LogP contribution in [0.5, 0.6) is 11.5 Å². The second-order valence-electron chi connectivity index (χ2n) is 8.98. The lowest BCUT2D eigenvalue weighted by molar-refractivity contribution is -0.132. The largest absolute Gasteiger partial charge is 0.508 e. The first-order chi connectivity index (χ1) is 18.4. The minimum atomic E-state index is -0.898. The van der Waals surface area contributed by atoms with Crippen LogP contribution in [-0.4, -0.2) is 29.0 Å². The molecule has 3 N–H and O–H groups in total. The standard InChI is InChI=1S/C31H26N2O5/c1-19-18-25(38-2)16-17-26(19)29(35)27-28(20-8-14-24(34)15-9-20)33(31(37)30(27)36)23-12-10-22(11-13-23)32-21-6-4-3-5-7-21/h3-18,28,32,34-35H,1-2H3/b29-27-. The predicted octanol–water partition coefficient (Wildman–Crippen LogP) is 6.08. The Kier molecular flexibility index (Phi) is 6.58. The van der Waals surface area contributed by atoms with Gasteiger partial charge in [-0.15, -0.1) is 0 Å². The zero-order chi connectivity index (χ0) is 26.8.